The van der Waals surface area contributed by atoms with E-state index in [9.17, 15) is 9.18 Å². The molecule has 0 aliphatic heterocycles. The van der Waals surface area contributed by atoms with Gasteiger partial charge < -0.3 is 4.90 Å². The minimum atomic E-state index is -0.436. The molecule has 0 aliphatic rings. The number of hydrogen-bond acceptors (Lipinski definition) is 2. The summed E-state index contributed by atoms with van der Waals surface area (Å²) in [5.41, 5.74) is 1.48. The Morgan fingerprint density at radius 1 is 1.18 bits per heavy atom. The number of benzene rings is 2. The van der Waals surface area contributed by atoms with E-state index < -0.39 is 5.82 Å². The molecule has 2 aromatic carbocycles. The summed E-state index contributed by atoms with van der Waals surface area (Å²) in [7, 11) is 3.86. The Labute approximate surface area is 135 Å². The number of ketones is 1. The Bertz CT molecular complexity index is 643. The van der Waals surface area contributed by atoms with Crippen molar-refractivity contribution in [3.05, 3.63) is 70.5 Å². The molecule has 0 unspecified atom stereocenters. The van der Waals surface area contributed by atoms with Crippen LogP contribution in [-0.2, 0) is 6.42 Å². The zero-order chi connectivity index (χ0) is 16.1. The molecule has 0 heterocycles. The molecule has 2 nitrogen and oxygen atoms in total. The van der Waals surface area contributed by atoms with E-state index in [0.717, 1.165) is 5.56 Å². The maximum Gasteiger partial charge on any atom is 0.169 e. The molecular formula is C18H19ClFNO. The monoisotopic (exact) mass is 319 g/mol. The van der Waals surface area contributed by atoms with Crippen molar-refractivity contribution in [2.45, 2.75) is 6.42 Å². The minimum absolute atomic E-state index is 0.0532. The van der Waals surface area contributed by atoms with Crippen molar-refractivity contribution < 1.29 is 9.18 Å². The van der Waals surface area contributed by atoms with Crippen molar-refractivity contribution in [3.63, 3.8) is 0 Å². The van der Waals surface area contributed by atoms with E-state index in [4.69, 9.17) is 11.6 Å². The summed E-state index contributed by atoms with van der Waals surface area (Å²) >= 11 is 6.03. The molecule has 0 spiro atoms. The van der Waals surface area contributed by atoms with E-state index in [2.05, 4.69) is 0 Å². The molecular weight excluding hydrogens is 301 g/mol. The SMILES string of the molecule is CN(C)C[C@H](Cc1ccccc1)C(=O)c1ccc(F)cc1Cl. The molecule has 1 atom stereocenters. The Morgan fingerprint density at radius 2 is 1.86 bits per heavy atom. The van der Waals surface area contributed by atoms with Crippen molar-refractivity contribution in [2.24, 2.45) is 5.92 Å². The Balaban J connectivity index is 2.26. The van der Waals surface area contributed by atoms with Gasteiger partial charge in [0.1, 0.15) is 5.82 Å². The third kappa shape index (κ3) is 4.39. The topological polar surface area (TPSA) is 20.3 Å². The van der Waals surface area contributed by atoms with E-state index in [1.807, 2.05) is 49.3 Å². The lowest BCUT2D eigenvalue weighted by atomic mass is 9.91. The molecule has 4 heteroatoms. The van der Waals surface area contributed by atoms with Crippen molar-refractivity contribution in [2.75, 3.05) is 20.6 Å². The second kappa shape index (κ2) is 7.52. The fourth-order valence-electron chi connectivity index (χ4n) is 2.49. The van der Waals surface area contributed by atoms with E-state index in [1.165, 1.54) is 18.2 Å². The molecule has 22 heavy (non-hydrogen) atoms. The molecule has 0 saturated carbocycles. The number of hydrogen-bond donors (Lipinski definition) is 0. The van der Waals surface area contributed by atoms with Crippen LogP contribution in [0.1, 0.15) is 15.9 Å². The van der Waals surface area contributed by atoms with Crippen LogP contribution in [0.2, 0.25) is 5.02 Å². The van der Waals surface area contributed by atoms with Crippen LogP contribution in [0.5, 0.6) is 0 Å². The number of carbonyl (C=O) groups excluding carboxylic acids is 1. The smallest absolute Gasteiger partial charge is 0.169 e. The number of carbonyl (C=O) groups is 1. The Morgan fingerprint density at radius 3 is 2.45 bits per heavy atom. The molecule has 0 bridgehead atoms. The summed E-state index contributed by atoms with van der Waals surface area (Å²) in [5, 5.41) is 0.168. The van der Waals surface area contributed by atoms with Gasteiger partial charge in [-0.15, -0.1) is 0 Å². The molecule has 0 saturated heterocycles. The van der Waals surface area contributed by atoms with Crippen molar-refractivity contribution >= 4 is 17.4 Å². The minimum Gasteiger partial charge on any atom is -0.309 e. The molecule has 2 aromatic rings. The van der Waals surface area contributed by atoms with Gasteiger partial charge in [0, 0.05) is 18.0 Å². The molecule has 0 radical (unpaired) electrons. The van der Waals surface area contributed by atoms with Crippen LogP contribution in [0.25, 0.3) is 0 Å². The average molecular weight is 320 g/mol. The highest BCUT2D eigenvalue weighted by atomic mass is 35.5. The van der Waals surface area contributed by atoms with Gasteiger partial charge >= 0.3 is 0 Å². The summed E-state index contributed by atoms with van der Waals surface area (Å²) in [6, 6.07) is 13.8. The van der Waals surface area contributed by atoms with Crippen LogP contribution in [0, 0.1) is 11.7 Å². The zero-order valence-electron chi connectivity index (χ0n) is 12.7. The number of nitrogens with zero attached hydrogens (tertiary/aromatic N) is 1. The average Bonchev–Trinajstić information content (AvgIpc) is 2.46. The molecule has 0 fully saturated rings. The van der Waals surface area contributed by atoms with Crippen LogP contribution < -0.4 is 0 Å². The van der Waals surface area contributed by atoms with Gasteiger partial charge in [0.15, 0.2) is 5.78 Å². The van der Waals surface area contributed by atoms with Crippen LogP contribution >= 0.6 is 11.6 Å². The molecule has 116 valence electrons. The third-order valence-electron chi connectivity index (χ3n) is 3.48. The van der Waals surface area contributed by atoms with Crippen LogP contribution in [0.15, 0.2) is 48.5 Å². The van der Waals surface area contributed by atoms with Gasteiger partial charge in [-0.3, -0.25) is 4.79 Å². The van der Waals surface area contributed by atoms with Gasteiger partial charge in [-0.1, -0.05) is 41.9 Å². The largest absolute Gasteiger partial charge is 0.309 e. The fraction of sp³-hybridized carbons (Fsp3) is 0.278. The molecule has 0 amide bonds. The molecule has 0 aliphatic carbocycles. The second-order valence-corrected chi connectivity index (χ2v) is 6.04. The lowest BCUT2D eigenvalue weighted by Crippen LogP contribution is -2.30. The van der Waals surface area contributed by atoms with Crippen molar-refractivity contribution in [1.82, 2.24) is 4.90 Å². The van der Waals surface area contributed by atoms with E-state index in [-0.39, 0.29) is 16.7 Å². The molecule has 0 N–H and O–H groups in total. The van der Waals surface area contributed by atoms with Crippen LogP contribution in [0.4, 0.5) is 4.39 Å². The van der Waals surface area contributed by atoms with Gasteiger partial charge in [-0.2, -0.15) is 0 Å². The number of rotatable bonds is 6. The van der Waals surface area contributed by atoms with Crippen LogP contribution in [-0.4, -0.2) is 31.3 Å². The maximum absolute atomic E-state index is 13.2. The highest BCUT2D eigenvalue weighted by Gasteiger charge is 2.23. The Kier molecular flexibility index (Phi) is 5.69. The highest BCUT2D eigenvalue weighted by molar-refractivity contribution is 6.34. The normalized spacial score (nSPS) is 12.4. The van der Waals surface area contributed by atoms with E-state index >= 15 is 0 Å². The third-order valence-corrected chi connectivity index (χ3v) is 3.79. The first-order chi connectivity index (χ1) is 10.5. The van der Waals surface area contributed by atoms with Crippen LogP contribution in [0.3, 0.4) is 0 Å². The standard InChI is InChI=1S/C18H19ClFNO/c1-21(2)12-14(10-13-6-4-3-5-7-13)18(22)16-9-8-15(20)11-17(16)19/h3-9,11,14H,10,12H2,1-2H3/t14-/m0/s1. The van der Waals surface area contributed by atoms with Crippen molar-refractivity contribution in [1.29, 1.82) is 0 Å². The lowest BCUT2D eigenvalue weighted by Gasteiger charge is -2.20. The summed E-state index contributed by atoms with van der Waals surface area (Å²) < 4.78 is 13.2. The number of halogens is 2. The quantitative estimate of drug-likeness (QED) is 0.748. The molecule has 0 aromatic heterocycles. The van der Waals surface area contributed by atoms with E-state index in [1.54, 1.807) is 0 Å². The lowest BCUT2D eigenvalue weighted by molar-refractivity contribution is 0.0897. The number of Topliss-reactive ketones (excluding diaryl/α,β-unsaturated/α-hetero) is 1. The zero-order valence-corrected chi connectivity index (χ0v) is 13.5. The first-order valence-corrected chi connectivity index (χ1v) is 7.53. The van der Waals surface area contributed by atoms with Gasteiger partial charge in [0.05, 0.1) is 5.02 Å². The molecule has 2 rings (SSSR count). The first kappa shape index (κ1) is 16.7. The Hall–Kier alpha value is -1.71. The van der Waals surface area contributed by atoms with E-state index in [0.29, 0.717) is 18.5 Å². The highest BCUT2D eigenvalue weighted by Crippen LogP contribution is 2.23. The summed E-state index contributed by atoms with van der Waals surface area (Å²) in [4.78, 5) is 14.8. The second-order valence-electron chi connectivity index (χ2n) is 5.64. The predicted octanol–water partition coefficient (Wildman–Crippen LogP) is 4.08. The predicted molar refractivity (Wildman–Crippen MR) is 87.9 cm³/mol. The summed E-state index contributed by atoms with van der Waals surface area (Å²) in [6.45, 7) is 0.613. The fourth-order valence-corrected chi connectivity index (χ4v) is 2.75. The summed E-state index contributed by atoms with van der Waals surface area (Å²) in [5.74, 6) is -0.711. The van der Waals surface area contributed by atoms with Gasteiger partial charge in [0.25, 0.3) is 0 Å². The first-order valence-electron chi connectivity index (χ1n) is 7.15. The van der Waals surface area contributed by atoms with Crippen molar-refractivity contribution in [3.8, 4) is 0 Å². The summed E-state index contributed by atoms with van der Waals surface area (Å²) in [6.07, 6.45) is 0.631. The van der Waals surface area contributed by atoms with Gasteiger partial charge in [-0.05, 0) is 44.3 Å². The maximum atomic E-state index is 13.2. The van der Waals surface area contributed by atoms with Gasteiger partial charge in [0.2, 0.25) is 0 Å². The van der Waals surface area contributed by atoms with Gasteiger partial charge in [-0.25, -0.2) is 4.39 Å².